The Labute approximate surface area is 82.3 Å². The molecule has 0 aromatic rings. The third-order valence-corrected chi connectivity index (χ3v) is 4.15. The molecule has 0 heterocycles. The van der Waals surface area contributed by atoms with Gasteiger partial charge in [-0.25, -0.2) is 0 Å². The van der Waals surface area contributed by atoms with Crippen molar-refractivity contribution < 1.29 is 4.74 Å². The summed E-state index contributed by atoms with van der Waals surface area (Å²) in [6.07, 6.45) is 0. The third-order valence-electron chi connectivity index (χ3n) is 1.48. The first kappa shape index (κ1) is 12.5. The molecule has 12 heavy (non-hydrogen) atoms. The SMILES string of the molecule is CC(C)SCOCC[Si](C)(C)C. The van der Waals surface area contributed by atoms with Crippen molar-refractivity contribution in [3.8, 4) is 0 Å². The molecule has 0 bridgehead atoms. The monoisotopic (exact) mass is 206 g/mol. The Bertz CT molecular complexity index is 110. The van der Waals surface area contributed by atoms with E-state index in [-0.39, 0.29) is 0 Å². The highest BCUT2D eigenvalue weighted by Crippen LogP contribution is 2.11. The summed E-state index contributed by atoms with van der Waals surface area (Å²) in [6, 6.07) is 1.28. The molecule has 0 aromatic heterocycles. The molecule has 0 aliphatic heterocycles. The molecule has 0 unspecified atom stereocenters. The largest absolute Gasteiger partial charge is 0.371 e. The second kappa shape index (κ2) is 6.05. The predicted octanol–water partition coefficient (Wildman–Crippen LogP) is 3.44. The van der Waals surface area contributed by atoms with Gasteiger partial charge in [-0.05, 0) is 6.04 Å². The van der Waals surface area contributed by atoms with E-state index in [0.717, 1.165) is 12.5 Å². The van der Waals surface area contributed by atoms with Crippen LogP contribution in [-0.2, 0) is 4.74 Å². The Kier molecular flexibility index (Phi) is 6.32. The van der Waals surface area contributed by atoms with Gasteiger partial charge in [0, 0.05) is 19.9 Å². The highest BCUT2D eigenvalue weighted by molar-refractivity contribution is 7.99. The molecule has 0 saturated heterocycles. The Morgan fingerprint density at radius 2 is 1.83 bits per heavy atom. The van der Waals surface area contributed by atoms with Crippen molar-refractivity contribution >= 4 is 19.8 Å². The summed E-state index contributed by atoms with van der Waals surface area (Å²) in [4.78, 5) is 0. The molecule has 0 atom stereocenters. The fraction of sp³-hybridized carbons (Fsp3) is 1.00. The van der Waals surface area contributed by atoms with Crippen LogP contribution >= 0.6 is 11.8 Å². The molecule has 0 aliphatic carbocycles. The Balaban J connectivity index is 3.12. The lowest BCUT2D eigenvalue weighted by molar-refractivity contribution is 0.198. The predicted molar refractivity (Wildman–Crippen MR) is 61.7 cm³/mol. The van der Waals surface area contributed by atoms with Gasteiger partial charge < -0.3 is 4.74 Å². The minimum Gasteiger partial charge on any atom is -0.371 e. The van der Waals surface area contributed by atoms with Crippen molar-refractivity contribution in [2.24, 2.45) is 0 Å². The normalized spacial score (nSPS) is 12.5. The van der Waals surface area contributed by atoms with E-state index in [4.69, 9.17) is 4.74 Å². The van der Waals surface area contributed by atoms with Crippen molar-refractivity contribution in [1.82, 2.24) is 0 Å². The summed E-state index contributed by atoms with van der Waals surface area (Å²) in [5.41, 5.74) is 0. The smallest absolute Gasteiger partial charge is 0.0923 e. The summed E-state index contributed by atoms with van der Waals surface area (Å²) < 4.78 is 5.52. The Morgan fingerprint density at radius 3 is 2.25 bits per heavy atom. The van der Waals surface area contributed by atoms with Crippen LogP contribution in [0, 0.1) is 0 Å². The molecule has 0 aromatic carbocycles. The van der Waals surface area contributed by atoms with Crippen LogP contribution in [0.15, 0.2) is 0 Å². The third kappa shape index (κ3) is 10.5. The van der Waals surface area contributed by atoms with Gasteiger partial charge in [0.05, 0.1) is 5.94 Å². The fourth-order valence-electron chi connectivity index (χ4n) is 0.621. The summed E-state index contributed by atoms with van der Waals surface area (Å²) >= 11 is 1.88. The fourth-order valence-corrected chi connectivity index (χ4v) is 1.86. The first-order chi connectivity index (χ1) is 5.42. The van der Waals surface area contributed by atoms with Crippen molar-refractivity contribution in [2.45, 2.75) is 44.8 Å². The van der Waals surface area contributed by atoms with Gasteiger partial charge in [-0.15, -0.1) is 11.8 Å². The second-order valence-corrected chi connectivity index (χ2v) is 11.7. The molecule has 1 nitrogen and oxygen atoms in total. The second-order valence-electron chi connectivity index (χ2n) is 4.55. The van der Waals surface area contributed by atoms with E-state index < -0.39 is 8.07 Å². The van der Waals surface area contributed by atoms with Crippen molar-refractivity contribution in [1.29, 1.82) is 0 Å². The zero-order chi connectivity index (χ0) is 9.61. The maximum Gasteiger partial charge on any atom is 0.0923 e. The van der Waals surface area contributed by atoms with Crippen LogP contribution in [0.5, 0.6) is 0 Å². The highest BCUT2D eigenvalue weighted by atomic mass is 32.2. The van der Waals surface area contributed by atoms with Crippen LogP contribution in [0.2, 0.25) is 25.7 Å². The average Bonchev–Trinajstić information content (AvgIpc) is 1.83. The van der Waals surface area contributed by atoms with Gasteiger partial charge in [0.2, 0.25) is 0 Å². The quantitative estimate of drug-likeness (QED) is 0.374. The van der Waals surface area contributed by atoms with E-state index in [1.165, 1.54) is 6.04 Å². The molecule has 0 aliphatic rings. The number of rotatable bonds is 6. The minimum absolute atomic E-state index is 0.692. The summed E-state index contributed by atoms with van der Waals surface area (Å²) in [6.45, 7) is 12.5. The first-order valence-electron chi connectivity index (χ1n) is 4.61. The van der Waals surface area contributed by atoms with Crippen LogP contribution in [0.4, 0.5) is 0 Å². The number of ether oxygens (including phenoxy) is 1. The lowest BCUT2D eigenvalue weighted by Crippen LogP contribution is -2.21. The Hall–Kier alpha value is 0.527. The number of hydrogen-bond donors (Lipinski definition) is 0. The topological polar surface area (TPSA) is 9.23 Å². The van der Waals surface area contributed by atoms with Crippen molar-refractivity contribution in [2.75, 3.05) is 12.5 Å². The van der Waals surface area contributed by atoms with E-state index in [9.17, 15) is 0 Å². The van der Waals surface area contributed by atoms with Gasteiger partial charge in [-0.1, -0.05) is 33.5 Å². The minimum atomic E-state index is -0.869. The van der Waals surface area contributed by atoms with E-state index >= 15 is 0 Å². The van der Waals surface area contributed by atoms with E-state index in [1.54, 1.807) is 0 Å². The van der Waals surface area contributed by atoms with Gasteiger partial charge >= 0.3 is 0 Å². The standard InChI is InChI=1S/C9H22OSSi/c1-9(2)11-8-10-6-7-12(3,4)5/h9H,6-8H2,1-5H3. The molecule has 74 valence electrons. The molecule has 0 rings (SSSR count). The number of hydrogen-bond acceptors (Lipinski definition) is 2. The zero-order valence-electron chi connectivity index (χ0n) is 9.02. The van der Waals surface area contributed by atoms with Gasteiger partial charge in [-0.3, -0.25) is 0 Å². The molecule has 0 fully saturated rings. The molecule has 0 amide bonds. The van der Waals surface area contributed by atoms with Gasteiger partial charge in [0.25, 0.3) is 0 Å². The molecule has 0 spiro atoms. The summed E-state index contributed by atoms with van der Waals surface area (Å²) in [5.74, 6) is 0.863. The van der Waals surface area contributed by atoms with E-state index in [1.807, 2.05) is 11.8 Å². The number of thioether (sulfide) groups is 1. The van der Waals surface area contributed by atoms with Gasteiger partial charge in [-0.2, -0.15) is 0 Å². The summed E-state index contributed by atoms with van der Waals surface area (Å²) in [5, 5.41) is 0.692. The van der Waals surface area contributed by atoms with Gasteiger partial charge in [0.1, 0.15) is 0 Å². The molecule has 3 heteroatoms. The molecule has 0 radical (unpaired) electrons. The highest BCUT2D eigenvalue weighted by Gasteiger charge is 2.11. The van der Waals surface area contributed by atoms with Crippen LogP contribution < -0.4 is 0 Å². The Morgan fingerprint density at radius 1 is 1.25 bits per heavy atom. The van der Waals surface area contributed by atoms with Crippen LogP contribution in [-0.4, -0.2) is 25.9 Å². The zero-order valence-corrected chi connectivity index (χ0v) is 10.8. The molecular weight excluding hydrogens is 184 g/mol. The van der Waals surface area contributed by atoms with Crippen molar-refractivity contribution in [3.63, 3.8) is 0 Å². The van der Waals surface area contributed by atoms with E-state index in [0.29, 0.717) is 5.25 Å². The maximum atomic E-state index is 5.52. The van der Waals surface area contributed by atoms with Crippen LogP contribution in [0.25, 0.3) is 0 Å². The van der Waals surface area contributed by atoms with Crippen LogP contribution in [0.3, 0.4) is 0 Å². The average molecular weight is 206 g/mol. The van der Waals surface area contributed by atoms with E-state index in [2.05, 4.69) is 33.5 Å². The summed E-state index contributed by atoms with van der Waals surface area (Å²) in [7, 11) is -0.869. The molecular formula is C9H22OSSi. The lowest BCUT2D eigenvalue weighted by Gasteiger charge is -2.15. The first-order valence-corrected chi connectivity index (χ1v) is 9.37. The van der Waals surface area contributed by atoms with Crippen LogP contribution in [0.1, 0.15) is 13.8 Å². The molecule has 0 N–H and O–H groups in total. The van der Waals surface area contributed by atoms with Crippen molar-refractivity contribution in [3.05, 3.63) is 0 Å². The maximum absolute atomic E-state index is 5.52. The lowest BCUT2D eigenvalue weighted by atomic mass is 10.6. The van der Waals surface area contributed by atoms with Gasteiger partial charge in [0.15, 0.2) is 0 Å². The molecule has 0 saturated carbocycles.